The number of carbonyl (C=O) groups excluding carboxylic acids is 2. The number of benzene rings is 3. The minimum Gasteiger partial charge on any atom is -0.482 e. The zero-order chi connectivity index (χ0) is 21.7. The summed E-state index contributed by atoms with van der Waals surface area (Å²) in [4.78, 5) is 24.5. The van der Waals surface area contributed by atoms with Gasteiger partial charge in [-0.1, -0.05) is 35.4 Å². The quantitative estimate of drug-likeness (QED) is 0.456. The molecule has 0 aliphatic rings. The van der Waals surface area contributed by atoms with Crippen molar-refractivity contribution in [2.24, 2.45) is 0 Å². The van der Waals surface area contributed by atoms with E-state index in [0.717, 1.165) is 27.9 Å². The molecule has 0 saturated carbocycles. The van der Waals surface area contributed by atoms with Gasteiger partial charge in [-0.15, -0.1) is 0 Å². The van der Waals surface area contributed by atoms with E-state index in [1.54, 1.807) is 24.3 Å². The highest BCUT2D eigenvalue weighted by atomic mass is 16.6. The minimum absolute atomic E-state index is 0.196. The molecule has 0 aromatic heterocycles. The van der Waals surface area contributed by atoms with Gasteiger partial charge in [0, 0.05) is 11.3 Å². The molecule has 0 unspecified atom stereocenters. The van der Waals surface area contributed by atoms with Crippen molar-refractivity contribution in [1.29, 1.82) is 0 Å². The number of rotatable bonds is 6. The third-order valence-corrected chi connectivity index (χ3v) is 4.65. The normalized spacial score (nSPS) is 10.4. The summed E-state index contributed by atoms with van der Waals surface area (Å²) in [5.41, 5.74) is 5.47. The average Bonchev–Trinajstić information content (AvgIpc) is 2.70. The van der Waals surface area contributed by atoms with Crippen molar-refractivity contribution in [3.05, 3.63) is 88.5 Å². The lowest BCUT2D eigenvalue weighted by molar-refractivity contribution is -0.136. The summed E-state index contributed by atoms with van der Waals surface area (Å²) < 4.78 is 10.8. The fourth-order valence-electron chi connectivity index (χ4n) is 3.08. The van der Waals surface area contributed by atoms with Crippen LogP contribution in [0.3, 0.4) is 0 Å². The number of hydrogen-bond donors (Lipinski definition) is 1. The lowest BCUT2D eigenvalue weighted by atomic mass is 10.1. The van der Waals surface area contributed by atoms with Crippen LogP contribution in [0.1, 0.15) is 32.6 Å². The molecule has 1 N–H and O–H groups in total. The molecule has 0 saturated heterocycles. The molecule has 5 heteroatoms. The van der Waals surface area contributed by atoms with Crippen LogP contribution in [0, 0.1) is 27.7 Å². The summed E-state index contributed by atoms with van der Waals surface area (Å²) in [5.74, 6) is 0.267. The van der Waals surface area contributed by atoms with Crippen molar-refractivity contribution in [3.63, 3.8) is 0 Å². The van der Waals surface area contributed by atoms with E-state index in [1.165, 1.54) is 0 Å². The zero-order valence-corrected chi connectivity index (χ0v) is 17.6. The van der Waals surface area contributed by atoms with Crippen molar-refractivity contribution < 1.29 is 19.1 Å². The Labute approximate surface area is 176 Å². The van der Waals surface area contributed by atoms with E-state index in [2.05, 4.69) is 5.32 Å². The van der Waals surface area contributed by atoms with Crippen LogP contribution in [-0.4, -0.2) is 18.5 Å². The standard InChI is InChI=1S/C25H25NO4/c1-16-5-11-22(18(3)13-16)26-25(28)20-7-9-21(10-8-20)30-24(27)15-29-23-12-6-17(2)14-19(23)4/h5-14H,15H2,1-4H3,(H,26,28). The molecule has 3 rings (SSSR count). The Bertz CT molecular complexity index is 1070. The van der Waals surface area contributed by atoms with E-state index in [-0.39, 0.29) is 12.5 Å². The zero-order valence-electron chi connectivity index (χ0n) is 17.6. The summed E-state index contributed by atoms with van der Waals surface area (Å²) in [6.45, 7) is 7.68. The molecule has 3 aromatic carbocycles. The van der Waals surface area contributed by atoms with Gasteiger partial charge in [0.05, 0.1) is 0 Å². The number of nitrogens with one attached hydrogen (secondary N) is 1. The van der Waals surface area contributed by atoms with Gasteiger partial charge in [-0.05, 0) is 75.2 Å². The van der Waals surface area contributed by atoms with Crippen LogP contribution in [-0.2, 0) is 4.79 Å². The van der Waals surface area contributed by atoms with E-state index >= 15 is 0 Å². The highest BCUT2D eigenvalue weighted by Crippen LogP contribution is 2.20. The molecular weight excluding hydrogens is 378 g/mol. The molecule has 0 spiro atoms. The van der Waals surface area contributed by atoms with E-state index in [4.69, 9.17) is 9.47 Å². The lowest BCUT2D eigenvalue weighted by Crippen LogP contribution is -2.18. The Morgan fingerprint density at radius 1 is 0.800 bits per heavy atom. The van der Waals surface area contributed by atoms with Crippen molar-refractivity contribution in [2.45, 2.75) is 27.7 Å². The Hall–Kier alpha value is -3.60. The fraction of sp³-hybridized carbons (Fsp3) is 0.200. The van der Waals surface area contributed by atoms with Crippen LogP contribution >= 0.6 is 0 Å². The molecule has 0 bridgehead atoms. The topological polar surface area (TPSA) is 64.6 Å². The first-order valence-corrected chi connectivity index (χ1v) is 9.71. The average molecular weight is 403 g/mol. The Morgan fingerprint density at radius 3 is 2.07 bits per heavy atom. The maximum Gasteiger partial charge on any atom is 0.349 e. The molecule has 0 aliphatic heterocycles. The van der Waals surface area contributed by atoms with Crippen LogP contribution in [0.15, 0.2) is 60.7 Å². The number of amides is 1. The number of hydrogen-bond acceptors (Lipinski definition) is 4. The van der Waals surface area contributed by atoms with Gasteiger partial charge in [-0.3, -0.25) is 4.79 Å². The minimum atomic E-state index is -0.512. The van der Waals surface area contributed by atoms with Gasteiger partial charge in [0.2, 0.25) is 0 Å². The molecule has 30 heavy (non-hydrogen) atoms. The predicted molar refractivity (Wildman–Crippen MR) is 117 cm³/mol. The Morgan fingerprint density at radius 2 is 1.43 bits per heavy atom. The highest BCUT2D eigenvalue weighted by Gasteiger charge is 2.11. The third-order valence-electron chi connectivity index (χ3n) is 4.65. The number of esters is 1. The number of anilines is 1. The van der Waals surface area contributed by atoms with E-state index in [0.29, 0.717) is 17.1 Å². The van der Waals surface area contributed by atoms with Gasteiger partial charge in [0.1, 0.15) is 11.5 Å². The van der Waals surface area contributed by atoms with Gasteiger partial charge in [-0.25, -0.2) is 4.79 Å². The lowest BCUT2D eigenvalue weighted by Gasteiger charge is -2.11. The second kappa shape index (κ2) is 9.27. The summed E-state index contributed by atoms with van der Waals surface area (Å²) in [7, 11) is 0. The maximum atomic E-state index is 12.5. The largest absolute Gasteiger partial charge is 0.482 e. The van der Waals surface area contributed by atoms with Crippen molar-refractivity contribution >= 4 is 17.6 Å². The van der Waals surface area contributed by atoms with Crippen molar-refractivity contribution in [3.8, 4) is 11.5 Å². The highest BCUT2D eigenvalue weighted by molar-refractivity contribution is 6.04. The molecule has 0 aliphatic carbocycles. The Kier molecular flexibility index (Phi) is 6.52. The van der Waals surface area contributed by atoms with Crippen LogP contribution in [0.5, 0.6) is 11.5 Å². The monoisotopic (exact) mass is 403 g/mol. The van der Waals surface area contributed by atoms with E-state index in [9.17, 15) is 9.59 Å². The number of carbonyl (C=O) groups is 2. The molecule has 1 amide bonds. The molecule has 0 fully saturated rings. The Balaban J connectivity index is 1.55. The summed E-state index contributed by atoms with van der Waals surface area (Å²) in [6, 6.07) is 18.0. The third kappa shape index (κ3) is 5.47. The van der Waals surface area contributed by atoms with Gasteiger partial charge in [-0.2, -0.15) is 0 Å². The molecule has 0 heterocycles. The number of ether oxygens (including phenoxy) is 2. The van der Waals surface area contributed by atoms with Gasteiger partial charge in [0.15, 0.2) is 6.61 Å². The molecular formula is C25H25NO4. The maximum absolute atomic E-state index is 12.5. The van der Waals surface area contributed by atoms with Gasteiger partial charge < -0.3 is 14.8 Å². The van der Waals surface area contributed by atoms with Crippen LogP contribution in [0.4, 0.5) is 5.69 Å². The van der Waals surface area contributed by atoms with E-state index < -0.39 is 5.97 Å². The van der Waals surface area contributed by atoms with Gasteiger partial charge >= 0.3 is 5.97 Å². The molecule has 0 atom stereocenters. The first-order valence-electron chi connectivity index (χ1n) is 9.71. The van der Waals surface area contributed by atoms with Gasteiger partial charge in [0.25, 0.3) is 5.91 Å². The smallest absolute Gasteiger partial charge is 0.349 e. The summed E-state index contributed by atoms with van der Waals surface area (Å²) in [6.07, 6.45) is 0. The second-order valence-electron chi connectivity index (χ2n) is 7.33. The molecule has 0 radical (unpaired) electrons. The summed E-state index contributed by atoms with van der Waals surface area (Å²) >= 11 is 0. The number of aryl methyl sites for hydroxylation is 4. The van der Waals surface area contributed by atoms with Crippen LogP contribution < -0.4 is 14.8 Å². The van der Waals surface area contributed by atoms with E-state index in [1.807, 2.05) is 64.1 Å². The van der Waals surface area contributed by atoms with Crippen molar-refractivity contribution in [1.82, 2.24) is 0 Å². The van der Waals surface area contributed by atoms with Crippen LogP contribution in [0.2, 0.25) is 0 Å². The molecule has 154 valence electrons. The van der Waals surface area contributed by atoms with Crippen molar-refractivity contribution in [2.75, 3.05) is 11.9 Å². The first kappa shape index (κ1) is 21.1. The predicted octanol–water partition coefficient (Wildman–Crippen LogP) is 5.16. The summed E-state index contributed by atoms with van der Waals surface area (Å²) in [5, 5.41) is 2.89. The molecule has 5 nitrogen and oxygen atoms in total. The SMILES string of the molecule is Cc1ccc(NC(=O)c2ccc(OC(=O)COc3ccc(C)cc3C)cc2)c(C)c1. The van der Waals surface area contributed by atoms with Crippen LogP contribution in [0.25, 0.3) is 0 Å². The molecule has 3 aromatic rings. The fourth-order valence-corrected chi connectivity index (χ4v) is 3.08. The first-order chi connectivity index (χ1) is 14.3. The second-order valence-corrected chi connectivity index (χ2v) is 7.33.